The predicted octanol–water partition coefficient (Wildman–Crippen LogP) is 4.99. The molecular weight excluding hydrogens is 388 g/mol. The Labute approximate surface area is 174 Å². The lowest BCUT2D eigenvalue weighted by atomic mass is 10.1. The van der Waals surface area contributed by atoms with Gasteiger partial charge < -0.3 is 19.5 Å². The van der Waals surface area contributed by atoms with E-state index in [1.165, 1.54) is 11.3 Å². The van der Waals surface area contributed by atoms with Crippen molar-refractivity contribution in [2.24, 2.45) is 0 Å². The molecule has 0 amide bonds. The van der Waals surface area contributed by atoms with Crippen LogP contribution in [0.1, 0.15) is 30.3 Å². The number of nitrogens with one attached hydrogen (secondary N) is 1. The number of benzene rings is 1. The summed E-state index contributed by atoms with van der Waals surface area (Å²) < 4.78 is 16.3. The normalized spacial score (nSPS) is 10.6. The lowest BCUT2D eigenvalue weighted by molar-refractivity contribution is 0.324. The molecule has 0 aliphatic carbocycles. The van der Waals surface area contributed by atoms with Crippen molar-refractivity contribution in [3.63, 3.8) is 0 Å². The highest BCUT2D eigenvalue weighted by Gasteiger charge is 2.18. The predicted molar refractivity (Wildman–Crippen MR) is 116 cm³/mol. The number of nitrogens with zero attached hydrogens (tertiary/aromatic N) is 3. The van der Waals surface area contributed by atoms with Gasteiger partial charge in [0.15, 0.2) is 11.5 Å². The van der Waals surface area contributed by atoms with Crippen LogP contribution in [0.25, 0.3) is 15.1 Å². The second kappa shape index (κ2) is 8.97. The molecule has 0 bridgehead atoms. The molecule has 0 saturated carbocycles. The Kier molecular flexibility index (Phi) is 6.39. The summed E-state index contributed by atoms with van der Waals surface area (Å²) in [6.07, 6.45) is 1.48. The summed E-state index contributed by atoms with van der Waals surface area (Å²) >= 11 is 1.40. The number of hydrogen-bond donors (Lipinski definition) is 1. The van der Waals surface area contributed by atoms with Gasteiger partial charge in [-0.3, -0.25) is 0 Å². The van der Waals surface area contributed by atoms with Crippen LogP contribution in [0.3, 0.4) is 0 Å². The lowest BCUT2D eigenvalue weighted by Gasteiger charge is -2.14. The summed E-state index contributed by atoms with van der Waals surface area (Å²) in [5, 5.41) is 4.97. The third-order valence-corrected chi connectivity index (χ3v) is 5.62. The molecule has 2 heterocycles. The number of anilines is 1. The molecule has 7 nitrogen and oxygen atoms in total. The maximum Gasteiger partial charge on any atom is 0.246 e. The third kappa shape index (κ3) is 4.05. The van der Waals surface area contributed by atoms with E-state index in [1.54, 1.807) is 21.3 Å². The zero-order chi connectivity index (χ0) is 21.0. The second-order valence-electron chi connectivity index (χ2n) is 6.45. The first-order chi connectivity index (χ1) is 14.1. The van der Waals surface area contributed by atoms with E-state index in [-0.39, 0.29) is 0 Å². The Morgan fingerprint density at radius 1 is 1.10 bits per heavy atom. The molecule has 0 unspecified atom stereocenters. The Bertz CT molecular complexity index is 1050. The third-order valence-electron chi connectivity index (χ3n) is 4.54. The molecule has 1 aromatic carbocycles. The SMILES string of the molecule is [C-]#[N+]c1sc2nc(Cc3cc(OC)c(OC)c(OC)c3)nc(NCCC)c2c1C. The number of aromatic nitrogens is 2. The Balaban J connectivity index is 2.07. The summed E-state index contributed by atoms with van der Waals surface area (Å²) in [6.45, 7) is 12.3. The van der Waals surface area contributed by atoms with E-state index >= 15 is 0 Å². The van der Waals surface area contributed by atoms with Gasteiger partial charge in [0.2, 0.25) is 10.8 Å². The van der Waals surface area contributed by atoms with Gasteiger partial charge in [-0.2, -0.15) is 0 Å². The number of rotatable bonds is 8. The smallest absolute Gasteiger partial charge is 0.246 e. The van der Waals surface area contributed by atoms with Crippen LogP contribution < -0.4 is 19.5 Å². The van der Waals surface area contributed by atoms with Crippen LogP contribution in [0, 0.1) is 13.5 Å². The minimum absolute atomic E-state index is 0.498. The summed E-state index contributed by atoms with van der Waals surface area (Å²) in [7, 11) is 4.77. The van der Waals surface area contributed by atoms with Crippen molar-refractivity contribution in [2.75, 3.05) is 33.2 Å². The number of methoxy groups -OCH3 is 3. The van der Waals surface area contributed by atoms with Gasteiger partial charge in [0.1, 0.15) is 16.5 Å². The molecule has 0 atom stereocenters. The molecule has 0 aliphatic heterocycles. The average molecular weight is 413 g/mol. The fraction of sp³-hybridized carbons (Fsp3) is 0.381. The molecule has 2 aromatic heterocycles. The van der Waals surface area contributed by atoms with E-state index in [1.807, 2.05) is 19.1 Å². The fourth-order valence-corrected chi connectivity index (χ4v) is 4.14. The Hall–Kier alpha value is -3.05. The molecule has 0 saturated heterocycles. The largest absolute Gasteiger partial charge is 0.493 e. The van der Waals surface area contributed by atoms with E-state index in [0.29, 0.717) is 34.5 Å². The summed E-state index contributed by atoms with van der Waals surface area (Å²) in [5.41, 5.74) is 1.87. The van der Waals surface area contributed by atoms with Gasteiger partial charge in [0.05, 0.1) is 27.9 Å². The Morgan fingerprint density at radius 3 is 2.34 bits per heavy atom. The van der Waals surface area contributed by atoms with E-state index in [2.05, 4.69) is 17.1 Å². The lowest BCUT2D eigenvalue weighted by Crippen LogP contribution is -2.06. The van der Waals surface area contributed by atoms with Crippen LogP contribution in [-0.4, -0.2) is 37.8 Å². The zero-order valence-corrected chi connectivity index (χ0v) is 18.1. The van der Waals surface area contributed by atoms with Crippen LogP contribution in [-0.2, 0) is 6.42 Å². The summed E-state index contributed by atoms with van der Waals surface area (Å²) in [4.78, 5) is 14.0. The van der Waals surface area contributed by atoms with Crippen LogP contribution in [0.4, 0.5) is 10.8 Å². The molecule has 152 valence electrons. The summed E-state index contributed by atoms with van der Waals surface area (Å²) in [5.74, 6) is 3.19. The second-order valence-corrected chi connectivity index (χ2v) is 7.43. The van der Waals surface area contributed by atoms with Gasteiger partial charge in [-0.25, -0.2) is 14.8 Å². The zero-order valence-electron chi connectivity index (χ0n) is 17.3. The molecule has 3 aromatic rings. The van der Waals surface area contributed by atoms with Crippen LogP contribution in [0.5, 0.6) is 17.2 Å². The monoisotopic (exact) mass is 412 g/mol. The first-order valence-corrected chi connectivity index (χ1v) is 10.1. The standard InChI is InChI=1S/C21H24N4O3S/c1-7-8-23-19-17-12(2)20(22-3)29-21(17)25-16(24-19)11-13-9-14(26-4)18(28-6)15(10-13)27-5/h9-10H,7-8,11H2,1-2,4-6H3,(H,23,24,25). The maximum atomic E-state index is 7.41. The highest BCUT2D eigenvalue weighted by atomic mass is 32.1. The number of aryl methyl sites for hydroxylation is 1. The highest BCUT2D eigenvalue weighted by molar-refractivity contribution is 7.22. The molecular formula is C21H24N4O3S. The molecule has 8 heteroatoms. The highest BCUT2D eigenvalue weighted by Crippen LogP contribution is 2.41. The minimum atomic E-state index is 0.498. The van der Waals surface area contributed by atoms with E-state index in [0.717, 1.165) is 40.1 Å². The molecule has 0 radical (unpaired) electrons. The van der Waals surface area contributed by atoms with E-state index in [4.69, 9.17) is 30.8 Å². The van der Waals surface area contributed by atoms with Gasteiger partial charge in [-0.05, 0) is 36.6 Å². The van der Waals surface area contributed by atoms with Crippen molar-refractivity contribution in [1.82, 2.24) is 9.97 Å². The Morgan fingerprint density at radius 2 is 1.79 bits per heavy atom. The molecule has 0 aliphatic rings. The van der Waals surface area contributed by atoms with E-state index in [9.17, 15) is 0 Å². The minimum Gasteiger partial charge on any atom is -0.493 e. The molecule has 1 N–H and O–H groups in total. The topological polar surface area (TPSA) is 69.9 Å². The average Bonchev–Trinajstić information content (AvgIpc) is 3.06. The number of hydrogen-bond acceptors (Lipinski definition) is 7. The molecule has 0 spiro atoms. The van der Waals surface area contributed by atoms with Gasteiger partial charge in [-0.1, -0.05) is 6.92 Å². The van der Waals surface area contributed by atoms with Gasteiger partial charge in [0.25, 0.3) is 0 Å². The molecule has 3 rings (SSSR count). The van der Waals surface area contributed by atoms with Crippen molar-refractivity contribution in [1.29, 1.82) is 0 Å². The summed E-state index contributed by atoms with van der Waals surface area (Å²) in [6, 6.07) is 3.80. The molecule has 0 fully saturated rings. The molecule has 29 heavy (non-hydrogen) atoms. The number of fused-ring (bicyclic) bond motifs is 1. The first-order valence-electron chi connectivity index (χ1n) is 9.26. The van der Waals surface area contributed by atoms with Crippen molar-refractivity contribution in [3.05, 3.63) is 40.5 Å². The first kappa shape index (κ1) is 20.7. The number of ether oxygens (including phenoxy) is 3. The quantitative estimate of drug-likeness (QED) is 0.526. The number of thiophene rings is 1. The van der Waals surface area contributed by atoms with Gasteiger partial charge in [-0.15, -0.1) is 11.3 Å². The van der Waals surface area contributed by atoms with Crippen molar-refractivity contribution in [2.45, 2.75) is 26.7 Å². The van der Waals surface area contributed by atoms with Crippen molar-refractivity contribution < 1.29 is 14.2 Å². The van der Waals surface area contributed by atoms with Crippen molar-refractivity contribution >= 4 is 32.4 Å². The fourth-order valence-electron chi connectivity index (χ4n) is 3.15. The van der Waals surface area contributed by atoms with Gasteiger partial charge >= 0.3 is 0 Å². The maximum absolute atomic E-state index is 7.41. The van der Waals surface area contributed by atoms with E-state index < -0.39 is 0 Å². The van der Waals surface area contributed by atoms with Crippen molar-refractivity contribution in [3.8, 4) is 17.2 Å². The van der Waals surface area contributed by atoms with Crippen LogP contribution in [0.2, 0.25) is 0 Å². The van der Waals surface area contributed by atoms with Crippen LogP contribution >= 0.6 is 11.3 Å². The van der Waals surface area contributed by atoms with Gasteiger partial charge in [0, 0.05) is 18.4 Å². The van der Waals surface area contributed by atoms with Crippen LogP contribution in [0.15, 0.2) is 12.1 Å².